The van der Waals surface area contributed by atoms with Gasteiger partial charge in [0.2, 0.25) is 10.0 Å². The highest BCUT2D eigenvalue weighted by Gasteiger charge is 2.25. The molecule has 0 bridgehead atoms. The lowest BCUT2D eigenvalue weighted by Crippen LogP contribution is -2.31. The van der Waals surface area contributed by atoms with Crippen LogP contribution in [0, 0.1) is 12.8 Å². The van der Waals surface area contributed by atoms with Crippen molar-refractivity contribution in [2.24, 2.45) is 5.92 Å². The van der Waals surface area contributed by atoms with Crippen molar-refractivity contribution in [3.63, 3.8) is 0 Å². The van der Waals surface area contributed by atoms with Crippen molar-refractivity contribution in [3.05, 3.63) is 11.9 Å². The summed E-state index contributed by atoms with van der Waals surface area (Å²) in [5.74, 6) is 0.409. The van der Waals surface area contributed by atoms with Gasteiger partial charge < -0.3 is 4.90 Å². The maximum absolute atomic E-state index is 12.3. The minimum absolute atomic E-state index is 0.296. The average Bonchev–Trinajstić information content (AvgIpc) is 3.02. The molecule has 20 heavy (non-hydrogen) atoms. The predicted molar refractivity (Wildman–Crippen MR) is 78.0 cm³/mol. The van der Waals surface area contributed by atoms with Crippen molar-refractivity contribution in [1.82, 2.24) is 19.4 Å². The molecule has 0 aliphatic carbocycles. The Kier molecular flexibility index (Phi) is 4.82. The lowest BCUT2D eigenvalue weighted by atomic mass is 10.1. The molecule has 0 amide bonds. The predicted octanol–water partition coefficient (Wildman–Crippen LogP) is 0.832. The molecule has 1 N–H and O–H groups in total. The van der Waals surface area contributed by atoms with Crippen LogP contribution in [-0.2, 0) is 16.6 Å². The number of likely N-dealkylation sites (tertiary alicyclic amines) is 1. The van der Waals surface area contributed by atoms with Gasteiger partial charge in [-0.15, -0.1) is 0 Å². The van der Waals surface area contributed by atoms with Crippen molar-refractivity contribution in [2.45, 2.75) is 38.6 Å². The summed E-state index contributed by atoms with van der Waals surface area (Å²) >= 11 is 0. The molecule has 1 aliphatic heterocycles. The van der Waals surface area contributed by atoms with E-state index in [1.165, 1.54) is 0 Å². The molecule has 7 heteroatoms. The second-order valence-electron chi connectivity index (χ2n) is 5.33. The van der Waals surface area contributed by atoms with Crippen molar-refractivity contribution < 1.29 is 8.42 Å². The van der Waals surface area contributed by atoms with Crippen LogP contribution in [0.1, 0.15) is 26.0 Å². The van der Waals surface area contributed by atoms with Crippen molar-refractivity contribution in [1.29, 1.82) is 0 Å². The van der Waals surface area contributed by atoms with Gasteiger partial charge in [-0.05, 0) is 39.3 Å². The summed E-state index contributed by atoms with van der Waals surface area (Å²) in [5.41, 5.74) is 0.556. The van der Waals surface area contributed by atoms with Gasteiger partial charge in [0.05, 0.1) is 5.69 Å². The Morgan fingerprint density at radius 1 is 1.40 bits per heavy atom. The number of rotatable bonds is 6. The number of nitrogens with one attached hydrogen (secondary N) is 1. The quantitative estimate of drug-likeness (QED) is 0.845. The van der Waals surface area contributed by atoms with Gasteiger partial charge in [-0.1, -0.05) is 6.92 Å². The molecule has 2 rings (SSSR count). The maximum atomic E-state index is 12.3. The zero-order chi connectivity index (χ0) is 14.8. The van der Waals surface area contributed by atoms with E-state index in [2.05, 4.69) is 21.6 Å². The normalized spacial score (nSPS) is 20.6. The van der Waals surface area contributed by atoms with E-state index in [1.54, 1.807) is 17.8 Å². The van der Waals surface area contributed by atoms with E-state index in [0.717, 1.165) is 26.1 Å². The molecule has 2 heterocycles. The maximum Gasteiger partial charge on any atom is 0.243 e. The minimum atomic E-state index is -3.44. The van der Waals surface area contributed by atoms with Crippen molar-refractivity contribution in [2.75, 3.05) is 26.2 Å². The van der Waals surface area contributed by atoms with Gasteiger partial charge in [0.25, 0.3) is 0 Å². The molecule has 0 radical (unpaired) electrons. The number of aromatic nitrogens is 2. The zero-order valence-corrected chi connectivity index (χ0v) is 13.3. The zero-order valence-electron chi connectivity index (χ0n) is 12.5. The van der Waals surface area contributed by atoms with Gasteiger partial charge in [0, 0.05) is 25.8 Å². The van der Waals surface area contributed by atoms with Gasteiger partial charge in [0.15, 0.2) is 0 Å². The molecule has 6 nitrogen and oxygen atoms in total. The Morgan fingerprint density at radius 2 is 2.15 bits per heavy atom. The largest absolute Gasteiger partial charge is 0.303 e. The van der Waals surface area contributed by atoms with Crippen LogP contribution >= 0.6 is 0 Å². The Balaban J connectivity index is 1.99. The number of hydrogen-bond acceptors (Lipinski definition) is 4. The topological polar surface area (TPSA) is 67.2 Å². The van der Waals surface area contributed by atoms with Crippen LogP contribution in [0.5, 0.6) is 0 Å². The van der Waals surface area contributed by atoms with E-state index in [-0.39, 0.29) is 0 Å². The fraction of sp³-hybridized carbons (Fsp3) is 0.769. The molecule has 0 saturated carbocycles. The second-order valence-corrected chi connectivity index (χ2v) is 7.07. The number of aryl methyl sites for hydroxylation is 2. The lowest BCUT2D eigenvalue weighted by Gasteiger charge is -2.13. The van der Waals surface area contributed by atoms with E-state index >= 15 is 0 Å². The van der Waals surface area contributed by atoms with Gasteiger partial charge in [-0.25, -0.2) is 13.1 Å². The van der Waals surface area contributed by atoms with Crippen LogP contribution in [-0.4, -0.2) is 49.3 Å². The van der Waals surface area contributed by atoms with Crippen LogP contribution in [0.25, 0.3) is 0 Å². The molecule has 1 aromatic heterocycles. The summed E-state index contributed by atoms with van der Waals surface area (Å²) in [6.45, 7) is 10.1. The molecule has 1 aromatic rings. The van der Waals surface area contributed by atoms with Crippen LogP contribution in [0.15, 0.2) is 11.1 Å². The summed E-state index contributed by atoms with van der Waals surface area (Å²) in [6, 6.07) is 0. The number of hydrogen-bond donors (Lipinski definition) is 1. The summed E-state index contributed by atoms with van der Waals surface area (Å²) in [6.07, 6.45) is 2.66. The highest BCUT2D eigenvalue weighted by molar-refractivity contribution is 7.89. The van der Waals surface area contributed by atoms with Crippen molar-refractivity contribution >= 4 is 10.0 Å². The van der Waals surface area contributed by atoms with Gasteiger partial charge in [-0.3, -0.25) is 4.68 Å². The Bertz CT molecular complexity index is 553. The highest BCUT2D eigenvalue weighted by Crippen LogP contribution is 2.17. The number of sulfonamides is 1. The highest BCUT2D eigenvalue weighted by atomic mass is 32.2. The molecular weight excluding hydrogens is 276 g/mol. The fourth-order valence-corrected chi connectivity index (χ4v) is 3.90. The summed E-state index contributed by atoms with van der Waals surface area (Å²) in [4.78, 5) is 2.64. The molecule has 0 aromatic carbocycles. The van der Waals surface area contributed by atoms with E-state index in [4.69, 9.17) is 0 Å². The second kappa shape index (κ2) is 6.24. The van der Waals surface area contributed by atoms with Crippen LogP contribution in [0.4, 0.5) is 0 Å². The summed E-state index contributed by atoms with van der Waals surface area (Å²) in [7, 11) is -3.44. The van der Waals surface area contributed by atoms with Crippen LogP contribution in [0.2, 0.25) is 0 Å². The van der Waals surface area contributed by atoms with Gasteiger partial charge in [-0.2, -0.15) is 5.10 Å². The van der Waals surface area contributed by atoms with E-state index in [9.17, 15) is 8.42 Å². The van der Waals surface area contributed by atoms with Crippen LogP contribution in [0.3, 0.4) is 0 Å². The molecule has 0 unspecified atom stereocenters. The molecular formula is C13H24N4O2S. The third-order valence-electron chi connectivity index (χ3n) is 3.89. The first-order valence-electron chi connectivity index (χ1n) is 7.22. The molecule has 1 atom stereocenters. The first-order chi connectivity index (χ1) is 9.46. The SMILES string of the molecule is CCN1CC[C@H](CNS(=O)(=O)c2cn(CC)nc2C)C1. The molecule has 0 spiro atoms. The van der Waals surface area contributed by atoms with Gasteiger partial charge in [0.1, 0.15) is 4.90 Å². The van der Waals surface area contributed by atoms with Crippen molar-refractivity contribution in [3.8, 4) is 0 Å². The monoisotopic (exact) mass is 300 g/mol. The van der Waals surface area contributed by atoms with Gasteiger partial charge >= 0.3 is 0 Å². The fourth-order valence-electron chi connectivity index (χ4n) is 2.60. The third-order valence-corrected chi connectivity index (χ3v) is 5.42. The molecule has 1 aliphatic rings. The summed E-state index contributed by atoms with van der Waals surface area (Å²) < 4.78 is 29.0. The third kappa shape index (κ3) is 3.39. The standard InChI is InChI=1S/C13H24N4O2S/c1-4-16-7-6-12(9-16)8-14-20(18,19)13-10-17(5-2)15-11(13)3/h10,12,14H,4-9H2,1-3H3/t12-/m1/s1. The molecule has 1 fully saturated rings. The van der Waals surface area contributed by atoms with E-state index in [0.29, 0.717) is 29.6 Å². The van der Waals surface area contributed by atoms with E-state index < -0.39 is 10.0 Å². The van der Waals surface area contributed by atoms with E-state index in [1.807, 2.05) is 6.92 Å². The average molecular weight is 300 g/mol. The first kappa shape index (κ1) is 15.5. The minimum Gasteiger partial charge on any atom is -0.303 e. The summed E-state index contributed by atoms with van der Waals surface area (Å²) in [5, 5.41) is 4.19. The molecule has 1 saturated heterocycles. The lowest BCUT2D eigenvalue weighted by molar-refractivity contribution is 0.342. The first-order valence-corrected chi connectivity index (χ1v) is 8.70. The smallest absolute Gasteiger partial charge is 0.243 e. The van der Waals surface area contributed by atoms with Crippen LogP contribution < -0.4 is 4.72 Å². The Labute approximate surface area is 121 Å². The molecule has 114 valence electrons. The Hall–Kier alpha value is -0.920. The Morgan fingerprint density at radius 3 is 2.70 bits per heavy atom. The number of nitrogens with zero attached hydrogens (tertiary/aromatic N) is 3.